The summed E-state index contributed by atoms with van der Waals surface area (Å²) in [5.74, 6) is -0.791. The van der Waals surface area contributed by atoms with Crippen LogP contribution in [-0.2, 0) is 10.5 Å². The number of nitrogens with zero attached hydrogens (tertiary/aromatic N) is 2. The lowest BCUT2D eigenvalue weighted by Crippen LogP contribution is -2.48. The number of halogens is 1. The fourth-order valence-corrected chi connectivity index (χ4v) is 5.44. The van der Waals surface area contributed by atoms with Gasteiger partial charge in [0.2, 0.25) is 5.91 Å². The Bertz CT molecular complexity index is 999. The van der Waals surface area contributed by atoms with Crippen LogP contribution in [0.1, 0.15) is 23.5 Å². The molecule has 2 heterocycles. The smallest absolute Gasteiger partial charge is 0.231 e. The normalized spacial score (nSPS) is 24.3. The molecule has 142 valence electrons. The molecule has 0 spiro atoms. The van der Waals surface area contributed by atoms with Crippen molar-refractivity contribution in [2.45, 2.75) is 23.0 Å². The molecule has 2 aromatic rings. The van der Waals surface area contributed by atoms with Crippen LogP contribution in [0.5, 0.6) is 0 Å². The molecule has 4 rings (SSSR count). The first-order chi connectivity index (χ1) is 13.5. The largest absolute Gasteiger partial charge is 0.366 e. The van der Waals surface area contributed by atoms with E-state index in [1.165, 1.54) is 40.9 Å². The van der Waals surface area contributed by atoms with E-state index in [2.05, 4.69) is 6.07 Å². The van der Waals surface area contributed by atoms with Crippen molar-refractivity contribution < 1.29 is 14.3 Å². The summed E-state index contributed by atoms with van der Waals surface area (Å²) in [6.45, 7) is 0. The van der Waals surface area contributed by atoms with Crippen LogP contribution in [0.25, 0.3) is 0 Å². The number of thioether (sulfide) groups is 2. The third-order valence-corrected chi connectivity index (χ3v) is 7.10. The third kappa shape index (κ3) is 3.02. The van der Waals surface area contributed by atoms with Crippen molar-refractivity contribution in [2.75, 3.05) is 12.0 Å². The van der Waals surface area contributed by atoms with E-state index in [0.29, 0.717) is 16.2 Å². The summed E-state index contributed by atoms with van der Waals surface area (Å²) in [5.41, 5.74) is 0.248. The maximum Gasteiger partial charge on any atom is 0.231 e. The fraction of sp³-hybridized carbons (Fsp3) is 0.238. The highest BCUT2D eigenvalue weighted by molar-refractivity contribution is 8.03. The average molecular weight is 413 g/mol. The molecule has 0 saturated carbocycles. The van der Waals surface area contributed by atoms with Crippen molar-refractivity contribution in [1.82, 2.24) is 4.90 Å². The van der Waals surface area contributed by atoms with Crippen molar-refractivity contribution in [3.63, 3.8) is 0 Å². The summed E-state index contributed by atoms with van der Waals surface area (Å²) in [5, 5.41) is 21.6. The highest BCUT2D eigenvalue weighted by Crippen LogP contribution is 2.51. The highest BCUT2D eigenvalue weighted by Gasteiger charge is 2.51. The molecule has 1 N–H and O–H groups in total. The second-order valence-electron chi connectivity index (χ2n) is 6.70. The standard InChI is InChI=1S/C21H17FN2O2S2/c1-27-16-8-2-13(3-9-16)17-10-19(25)24-20(18(17)11-23)28-12-21(24,26)14-4-6-15(22)7-5-14/h2-9,17,26H,10,12H2,1H3/t17-,21-/m1/s1. The number of carbonyl (C=O) groups is 1. The Hall–Kier alpha value is -2.27. The van der Waals surface area contributed by atoms with Crippen molar-refractivity contribution >= 4 is 29.4 Å². The summed E-state index contributed by atoms with van der Waals surface area (Å²) in [6, 6.07) is 15.6. The highest BCUT2D eigenvalue weighted by atomic mass is 32.2. The molecule has 0 unspecified atom stereocenters. The zero-order chi connectivity index (χ0) is 19.9. The van der Waals surface area contributed by atoms with E-state index in [4.69, 9.17) is 0 Å². The Kier molecular flexibility index (Phi) is 4.96. The molecule has 2 atom stereocenters. The van der Waals surface area contributed by atoms with Gasteiger partial charge in [-0.05, 0) is 36.1 Å². The Morgan fingerprint density at radius 3 is 2.54 bits per heavy atom. The number of allylic oxidation sites excluding steroid dienone is 1. The molecule has 0 aromatic heterocycles. The monoisotopic (exact) mass is 412 g/mol. The maximum absolute atomic E-state index is 13.3. The quantitative estimate of drug-likeness (QED) is 0.766. The van der Waals surface area contributed by atoms with Crippen LogP contribution in [0.2, 0.25) is 0 Å². The number of rotatable bonds is 3. The third-order valence-electron chi connectivity index (χ3n) is 5.14. The molecule has 28 heavy (non-hydrogen) atoms. The van der Waals surface area contributed by atoms with Crippen molar-refractivity contribution in [3.05, 3.63) is 76.1 Å². The molecule has 1 fully saturated rings. The molecule has 2 aromatic carbocycles. The van der Waals surface area contributed by atoms with Crippen LogP contribution in [0.15, 0.2) is 64.0 Å². The Morgan fingerprint density at radius 1 is 1.25 bits per heavy atom. The van der Waals surface area contributed by atoms with Gasteiger partial charge in [-0.15, -0.1) is 23.5 Å². The first kappa shape index (κ1) is 19.1. The number of aliphatic hydroxyl groups is 1. The first-order valence-electron chi connectivity index (χ1n) is 8.70. The molecule has 0 radical (unpaired) electrons. The topological polar surface area (TPSA) is 64.3 Å². The zero-order valence-corrected chi connectivity index (χ0v) is 16.7. The maximum atomic E-state index is 13.3. The van der Waals surface area contributed by atoms with Gasteiger partial charge in [-0.2, -0.15) is 5.26 Å². The number of benzene rings is 2. The molecule has 4 nitrogen and oxygen atoms in total. The van der Waals surface area contributed by atoms with E-state index in [0.717, 1.165) is 10.5 Å². The molecule has 2 aliphatic rings. The predicted octanol–water partition coefficient (Wildman–Crippen LogP) is 4.19. The van der Waals surface area contributed by atoms with Crippen LogP contribution in [-0.4, -0.2) is 27.9 Å². The number of amides is 1. The van der Waals surface area contributed by atoms with Crippen molar-refractivity contribution in [3.8, 4) is 6.07 Å². The van der Waals surface area contributed by atoms with Gasteiger partial charge in [0, 0.05) is 22.8 Å². The van der Waals surface area contributed by atoms with Crippen LogP contribution < -0.4 is 0 Å². The van der Waals surface area contributed by atoms with Gasteiger partial charge < -0.3 is 5.11 Å². The van der Waals surface area contributed by atoms with Gasteiger partial charge in [0.15, 0.2) is 5.72 Å². The molecule has 0 aliphatic carbocycles. The minimum absolute atomic E-state index is 0.106. The van der Waals surface area contributed by atoms with E-state index in [1.807, 2.05) is 30.5 Å². The lowest BCUT2D eigenvalue weighted by atomic mass is 9.85. The van der Waals surface area contributed by atoms with Crippen LogP contribution in [0, 0.1) is 17.1 Å². The van der Waals surface area contributed by atoms with Crippen molar-refractivity contribution in [2.24, 2.45) is 0 Å². The van der Waals surface area contributed by atoms with E-state index in [-0.39, 0.29) is 24.0 Å². The number of carbonyl (C=O) groups excluding carboxylic acids is 1. The molecule has 1 amide bonds. The summed E-state index contributed by atoms with van der Waals surface area (Å²) >= 11 is 2.92. The summed E-state index contributed by atoms with van der Waals surface area (Å²) < 4.78 is 13.3. The van der Waals surface area contributed by atoms with E-state index < -0.39 is 11.5 Å². The number of hydrogen-bond acceptors (Lipinski definition) is 5. The molecule has 7 heteroatoms. The van der Waals surface area contributed by atoms with Crippen molar-refractivity contribution in [1.29, 1.82) is 5.26 Å². The van der Waals surface area contributed by atoms with Gasteiger partial charge in [0.25, 0.3) is 0 Å². The Labute approximate surface area is 171 Å². The lowest BCUT2D eigenvalue weighted by molar-refractivity contribution is -0.149. The lowest BCUT2D eigenvalue weighted by Gasteiger charge is -2.38. The summed E-state index contributed by atoms with van der Waals surface area (Å²) in [7, 11) is 0. The number of hydrogen-bond donors (Lipinski definition) is 1. The SMILES string of the molecule is CSc1ccc([C@H]2CC(=O)N3C(=C2C#N)SC[C@@]3(O)c2ccc(F)cc2)cc1. The van der Waals surface area contributed by atoms with E-state index in [1.54, 1.807) is 11.8 Å². The van der Waals surface area contributed by atoms with Gasteiger partial charge in [-0.3, -0.25) is 9.69 Å². The number of nitriles is 1. The summed E-state index contributed by atoms with van der Waals surface area (Å²) in [6.07, 6.45) is 2.10. The van der Waals surface area contributed by atoms with Gasteiger partial charge in [-0.25, -0.2) is 4.39 Å². The minimum atomic E-state index is -1.58. The average Bonchev–Trinajstić information content (AvgIpc) is 3.07. The molecular formula is C21H17FN2O2S2. The van der Waals surface area contributed by atoms with E-state index >= 15 is 0 Å². The van der Waals surface area contributed by atoms with Crippen LogP contribution in [0.4, 0.5) is 4.39 Å². The molecular weight excluding hydrogens is 395 g/mol. The minimum Gasteiger partial charge on any atom is -0.366 e. The molecule has 0 bridgehead atoms. The Balaban J connectivity index is 1.77. The van der Waals surface area contributed by atoms with Gasteiger partial charge in [-0.1, -0.05) is 24.3 Å². The zero-order valence-electron chi connectivity index (χ0n) is 15.1. The molecule has 1 saturated heterocycles. The first-order valence-corrected chi connectivity index (χ1v) is 10.9. The van der Waals surface area contributed by atoms with Gasteiger partial charge in [0.05, 0.1) is 22.4 Å². The number of fused-ring (bicyclic) bond motifs is 1. The fourth-order valence-electron chi connectivity index (χ4n) is 3.68. The van der Waals surface area contributed by atoms with Gasteiger partial charge >= 0.3 is 0 Å². The van der Waals surface area contributed by atoms with Crippen LogP contribution in [0.3, 0.4) is 0 Å². The second-order valence-corrected chi connectivity index (χ2v) is 8.55. The predicted molar refractivity (Wildman–Crippen MR) is 108 cm³/mol. The van der Waals surface area contributed by atoms with Crippen LogP contribution >= 0.6 is 23.5 Å². The van der Waals surface area contributed by atoms with Gasteiger partial charge in [0.1, 0.15) is 5.82 Å². The summed E-state index contributed by atoms with van der Waals surface area (Å²) in [4.78, 5) is 15.5. The Morgan fingerprint density at radius 2 is 1.93 bits per heavy atom. The van der Waals surface area contributed by atoms with E-state index in [9.17, 15) is 19.6 Å². The second kappa shape index (κ2) is 7.28. The molecule has 2 aliphatic heterocycles.